The Kier molecular flexibility index (Phi) is 7.53. The first-order valence-corrected chi connectivity index (χ1v) is 11.2. The van der Waals surface area contributed by atoms with E-state index < -0.39 is 0 Å². The second-order valence-corrected chi connectivity index (χ2v) is 8.61. The standard InChI is InChI=1S/C23H36N4O2/c1-4-24-23(29)27-15-13-26(14-16-27)21(19-7-5-6-8-19)22(28)25-20-11-9-18(10-12-20)17(2)3/h9-12,17,19,21H,4-8,13-16H2,1-3H3,(H,24,29)(H,25,28). The Bertz CT molecular complexity index is 675. The number of amides is 3. The van der Waals surface area contributed by atoms with Gasteiger partial charge in [-0.1, -0.05) is 38.8 Å². The summed E-state index contributed by atoms with van der Waals surface area (Å²) in [4.78, 5) is 29.5. The lowest BCUT2D eigenvalue weighted by Gasteiger charge is -2.40. The van der Waals surface area contributed by atoms with Gasteiger partial charge in [0.1, 0.15) is 0 Å². The number of hydrogen-bond acceptors (Lipinski definition) is 3. The number of nitrogens with one attached hydrogen (secondary N) is 2. The summed E-state index contributed by atoms with van der Waals surface area (Å²) in [5.41, 5.74) is 2.14. The molecule has 2 fully saturated rings. The van der Waals surface area contributed by atoms with Gasteiger partial charge in [-0.25, -0.2) is 4.79 Å². The maximum atomic E-state index is 13.3. The molecular weight excluding hydrogens is 364 g/mol. The molecule has 1 aromatic rings. The van der Waals surface area contributed by atoms with Gasteiger partial charge >= 0.3 is 6.03 Å². The third-order valence-corrected chi connectivity index (χ3v) is 6.28. The van der Waals surface area contributed by atoms with E-state index in [1.807, 2.05) is 24.0 Å². The Balaban J connectivity index is 1.66. The first-order chi connectivity index (χ1) is 14.0. The summed E-state index contributed by atoms with van der Waals surface area (Å²) in [7, 11) is 0. The van der Waals surface area contributed by atoms with Crippen LogP contribution in [0.4, 0.5) is 10.5 Å². The van der Waals surface area contributed by atoms with Crippen LogP contribution in [-0.2, 0) is 4.79 Å². The van der Waals surface area contributed by atoms with E-state index in [4.69, 9.17) is 0 Å². The number of carbonyl (C=O) groups excluding carboxylic acids is 2. The Hall–Kier alpha value is -2.08. The van der Waals surface area contributed by atoms with Crippen LogP contribution in [0.25, 0.3) is 0 Å². The molecule has 2 aliphatic rings. The third kappa shape index (κ3) is 5.50. The third-order valence-electron chi connectivity index (χ3n) is 6.28. The Labute approximate surface area is 175 Å². The van der Waals surface area contributed by atoms with Gasteiger partial charge in [0.25, 0.3) is 0 Å². The van der Waals surface area contributed by atoms with Gasteiger partial charge < -0.3 is 15.5 Å². The highest BCUT2D eigenvalue weighted by Gasteiger charge is 2.37. The van der Waals surface area contributed by atoms with Crippen molar-refractivity contribution in [1.29, 1.82) is 0 Å². The fraction of sp³-hybridized carbons (Fsp3) is 0.652. The molecule has 0 radical (unpaired) electrons. The summed E-state index contributed by atoms with van der Waals surface area (Å²) in [6.45, 7) is 9.76. The molecule has 1 aromatic carbocycles. The van der Waals surface area contributed by atoms with E-state index in [9.17, 15) is 9.59 Å². The van der Waals surface area contributed by atoms with Gasteiger partial charge in [0.2, 0.25) is 5.91 Å². The number of carbonyl (C=O) groups is 2. The summed E-state index contributed by atoms with van der Waals surface area (Å²) in [5.74, 6) is 0.980. The van der Waals surface area contributed by atoms with Crippen molar-refractivity contribution in [3.05, 3.63) is 29.8 Å². The zero-order valence-electron chi connectivity index (χ0n) is 18.1. The molecule has 3 rings (SSSR count). The first-order valence-electron chi connectivity index (χ1n) is 11.2. The lowest BCUT2D eigenvalue weighted by Crippen LogP contribution is -2.58. The Morgan fingerprint density at radius 1 is 1.03 bits per heavy atom. The smallest absolute Gasteiger partial charge is 0.317 e. The summed E-state index contributed by atoms with van der Waals surface area (Å²) in [5, 5.41) is 6.03. The normalized spacial score (nSPS) is 19.4. The molecule has 6 nitrogen and oxygen atoms in total. The van der Waals surface area contributed by atoms with Gasteiger partial charge in [-0.05, 0) is 49.3 Å². The van der Waals surface area contributed by atoms with E-state index in [0.717, 1.165) is 31.6 Å². The van der Waals surface area contributed by atoms with Crippen LogP contribution in [0.15, 0.2) is 24.3 Å². The molecule has 1 atom stereocenters. The van der Waals surface area contributed by atoms with Gasteiger partial charge in [-0.3, -0.25) is 9.69 Å². The van der Waals surface area contributed by atoms with Crippen molar-refractivity contribution in [2.45, 2.75) is 58.4 Å². The van der Waals surface area contributed by atoms with Crippen molar-refractivity contribution in [3.8, 4) is 0 Å². The van der Waals surface area contributed by atoms with Crippen molar-refractivity contribution in [2.24, 2.45) is 5.92 Å². The van der Waals surface area contributed by atoms with E-state index in [-0.39, 0.29) is 18.0 Å². The van der Waals surface area contributed by atoms with Crippen molar-refractivity contribution >= 4 is 17.6 Å². The summed E-state index contributed by atoms with van der Waals surface area (Å²) in [6, 6.07) is 8.09. The van der Waals surface area contributed by atoms with Crippen molar-refractivity contribution in [1.82, 2.24) is 15.1 Å². The lowest BCUT2D eigenvalue weighted by molar-refractivity contribution is -0.123. The maximum absolute atomic E-state index is 13.3. The van der Waals surface area contributed by atoms with Gasteiger partial charge in [0.15, 0.2) is 0 Å². The molecule has 29 heavy (non-hydrogen) atoms. The van der Waals surface area contributed by atoms with Gasteiger partial charge in [0, 0.05) is 38.4 Å². The molecule has 3 amide bonds. The largest absolute Gasteiger partial charge is 0.338 e. The minimum atomic E-state index is -0.112. The molecule has 0 spiro atoms. The number of rotatable bonds is 6. The highest BCUT2D eigenvalue weighted by Crippen LogP contribution is 2.31. The van der Waals surface area contributed by atoms with Crippen LogP contribution in [0.5, 0.6) is 0 Å². The SMILES string of the molecule is CCNC(=O)N1CCN(C(C(=O)Nc2ccc(C(C)C)cc2)C2CCCC2)CC1. The van der Waals surface area contributed by atoms with Crippen LogP contribution in [0, 0.1) is 5.92 Å². The molecule has 2 N–H and O–H groups in total. The highest BCUT2D eigenvalue weighted by molar-refractivity contribution is 5.95. The van der Waals surface area contributed by atoms with Gasteiger partial charge in [-0.15, -0.1) is 0 Å². The van der Waals surface area contributed by atoms with Gasteiger partial charge in [0.05, 0.1) is 6.04 Å². The van der Waals surface area contributed by atoms with E-state index in [1.165, 1.54) is 18.4 Å². The van der Waals surface area contributed by atoms with E-state index in [0.29, 0.717) is 31.5 Å². The van der Waals surface area contributed by atoms with Crippen LogP contribution in [-0.4, -0.2) is 60.5 Å². The fourth-order valence-electron chi connectivity index (χ4n) is 4.58. The molecule has 1 saturated carbocycles. The molecule has 6 heteroatoms. The molecule has 1 heterocycles. The number of benzene rings is 1. The van der Waals surface area contributed by atoms with E-state index >= 15 is 0 Å². The van der Waals surface area contributed by atoms with Crippen LogP contribution < -0.4 is 10.6 Å². The molecule has 1 aliphatic carbocycles. The second kappa shape index (κ2) is 10.1. The summed E-state index contributed by atoms with van der Waals surface area (Å²) in [6.07, 6.45) is 4.63. The van der Waals surface area contributed by atoms with E-state index in [1.54, 1.807) is 0 Å². The quantitative estimate of drug-likeness (QED) is 0.766. The van der Waals surface area contributed by atoms with Crippen molar-refractivity contribution < 1.29 is 9.59 Å². The van der Waals surface area contributed by atoms with Crippen LogP contribution in [0.3, 0.4) is 0 Å². The number of urea groups is 1. The molecule has 160 valence electrons. The van der Waals surface area contributed by atoms with Crippen LogP contribution >= 0.6 is 0 Å². The molecular formula is C23H36N4O2. The highest BCUT2D eigenvalue weighted by atomic mass is 16.2. The number of anilines is 1. The van der Waals surface area contributed by atoms with Gasteiger partial charge in [-0.2, -0.15) is 0 Å². The molecule has 1 unspecified atom stereocenters. The Morgan fingerprint density at radius 2 is 1.66 bits per heavy atom. The average molecular weight is 401 g/mol. The molecule has 1 saturated heterocycles. The Morgan fingerprint density at radius 3 is 2.21 bits per heavy atom. The minimum Gasteiger partial charge on any atom is -0.338 e. The molecule has 1 aliphatic heterocycles. The maximum Gasteiger partial charge on any atom is 0.317 e. The fourth-order valence-corrected chi connectivity index (χ4v) is 4.58. The number of piperazine rings is 1. The predicted octanol–water partition coefficient (Wildman–Crippen LogP) is 3.65. The summed E-state index contributed by atoms with van der Waals surface area (Å²) >= 11 is 0. The zero-order chi connectivity index (χ0) is 20.8. The van der Waals surface area contributed by atoms with Crippen LogP contribution in [0.2, 0.25) is 0 Å². The number of hydrogen-bond donors (Lipinski definition) is 2. The monoisotopic (exact) mass is 400 g/mol. The molecule has 0 aromatic heterocycles. The second-order valence-electron chi connectivity index (χ2n) is 8.61. The van der Waals surface area contributed by atoms with E-state index in [2.05, 4.69) is 41.5 Å². The van der Waals surface area contributed by atoms with Crippen molar-refractivity contribution in [2.75, 3.05) is 38.0 Å². The van der Waals surface area contributed by atoms with Crippen molar-refractivity contribution in [3.63, 3.8) is 0 Å². The number of nitrogens with zero attached hydrogens (tertiary/aromatic N) is 2. The molecule has 0 bridgehead atoms. The first kappa shape index (κ1) is 21.6. The predicted molar refractivity (Wildman–Crippen MR) is 117 cm³/mol. The lowest BCUT2D eigenvalue weighted by atomic mass is 9.94. The minimum absolute atomic E-state index is 0.000685. The van der Waals surface area contributed by atoms with Crippen LogP contribution in [0.1, 0.15) is 57.9 Å². The topological polar surface area (TPSA) is 64.7 Å². The average Bonchev–Trinajstić information content (AvgIpc) is 3.23. The summed E-state index contributed by atoms with van der Waals surface area (Å²) < 4.78 is 0. The zero-order valence-corrected chi connectivity index (χ0v) is 18.1.